The van der Waals surface area contributed by atoms with Crippen LogP contribution in [0.1, 0.15) is 48.5 Å². The van der Waals surface area contributed by atoms with Gasteiger partial charge in [0.05, 0.1) is 0 Å². The van der Waals surface area contributed by atoms with Gasteiger partial charge >= 0.3 is 116 Å². The second-order valence-corrected chi connectivity index (χ2v) is 39.1. The summed E-state index contributed by atoms with van der Waals surface area (Å²) in [5.74, 6) is 0. The SMILES string of the molecule is C[CH]=[Pt]([PH](CC)(CC)CC)[PH](CC)(CC)CC. The summed E-state index contributed by atoms with van der Waals surface area (Å²) in [5, 5.41) is -1.76. The number of rotatable bonds is 8. The first-order valence-corrected chi connectivity index (χ1v) is 20.4. The first kappa shape index (κ1) is 18.4. The van der Waals surface area contributed by atoms with E-state index in [1.807, 2.05) is 0 Å². The molecule has 0 aromatic carbocycles. The van der Waals surface area contributed by atoms with Gasteiger partial charge in [0.25, 0.3) is 0 Å². The van der Waals surface area contributed by atoms with Gasteiger partial charge in [-0.3, -0.25) is 0 Å². The molecule has 0 nitrogen and oxygen atoms in total. The summed E-state index contributed by atoms with van der Waals surface area (Å²) in [4.78, 5) is 0. The average Bonchev–Trinajstić information content (AvgIpc) is 2.40. The van der Waals surface area contributed by atoms with Crippen LogP contribution in [-0.2, 0) is 15.8 Å². The van der Waals surface area contributed by atoms with E-state index in [2.05, 4.69) is 52.9 Å². The van der Waals surface area contributed by atoms with Gasteiger partial charge in [0, 0.05) is 0 Å². The average molecular weight is 461 g/mol. The van der Waals surface area contributed by atoms with Crippen molar-refractivity contribution in [1.82, 2.24) is 0 Å². The van der Waals surface area contributed by atoms with Gasteiger partial charge in [-0.15, -0.1) is 0 Å². The molecule has 0 unspecified atom stereocenters. The Labute approximate surface area is 116 Å². The van der Waals surface area contributed by atoms with Crippen molar-refractivity contribution in [3.63, 3.8) is 0 Å². The van der Waals surface area contributed by atoms with Crippen molar-refractivity contribution >= 4 is 15.1 Å². The van der Waals surface area contributed by atoms with Gasteiger partial charge in [0.15, 0.2) is 0 Å². The molecule has 0 spiro atoms. The van der Waals surface area contributed by atoms with E-state index in [0.29, 0.717) is 0 Å². The Bertz CT molecular complexity index is 202. The molecule has 0 heterocycles. The Morgan fingerprint density at radius 1 is 0.647 bits per heavy atom. The molecular formula is C14H36P2Pt. The molecule has 3 heteroatoms. The van der Waals surface area contributed by atoms with Crippen molar-refractivity contribution < 1.29 is 15.8 Å². The van der Waals surface area contributed by atoms with Crippen molar-refractivity contribution in [3.05, 3.63) is 0 Å². The third kappa shape index (κ3) is 3.71. The topological polar surface area (TPSA) is 0 Å². The molecule has 0 bridgehead atoms. The molecule has 0 amide bonds. The Morgan fingerprint density at radius 3 is 1.00 bits per heavy atom. The summed E-state index contributed by atoms with van der Waals surface area (Å²) in [6.45, 7) is 17.5. The quantitative estimate of drug-likeness (QED) is 0.453. The van der Waals surface area contributed by atoms with E-state index in [1.165, 1.54) is 0 Å². The summed E-state index contributed by atoms with van der Waals surface area (Å²) in [6.07, 6.45) is 9.36. The molecule has 112 valence electrons. The second kappa shape index (κ2) is 8.56. The standard InChI is InChI=1S/2C6H15P.C2H4.Pt/c2*1-4-7(5-2)6-3;1-2;/h2*4-6H2,1-3H3;1H,2H3;/q;;;-2/p+2. The molecule has 0 saturated heterocycles. The molecule has 0 aliphatic carbocycles. The zero-order valence-electron chi connectivity index (χ0n) is 13.1. The van der Waals surface area contributed by atoms with Crippen molar-refractivity contribution in [2.24, 2.45) is 0 Å². The molecule has 0 rings (SSSR count). The molecular weight excluding hydrogens is 425 g/mol. The Morgan fingerprint density at radius 2 is 0.882 bits per heavy atom. The molecule has 0 atom stereocenters. The molecule has 0 fully saturated rings. The summed E-state index contributed by atoms with van der Waals surface area (Å²) in [5.41, 5.74) is 0. The van der Waals surface area contributed by atoms with E-state index in [9.17, 15) is 0 Å². The van der Waals surface area contributed by atoms with Crippen LogP contribution in [-0.4, -0.2) is 41.4 Å². The number of hydrogen-bond acceptors (Lipinski definition) is 0. The van der Waals surface area contributed by atoms with Gasteiger partial charge in [-0.2, -0.15) is 0 Å². The molecule has 17 heavy (non-hydrogen) atoms. The van der Waals surface area contributed by atoms with Crippen LogP contribution in [0.2, 0.25) is 0 Å². The van der Waals surface area contributed by atoms with Gasteiger partial charge in [0.2, 0.25) is 0 Å². The van der Waals surface area contributed by atoms with E-state index in [0.717, 1.165) is 0 Å². The van der Waals surface area contributed by atoms with E-state index >= 15 is 0 Å². The van der Waals surface area contributed by atoms with E-state index < -0.39 is 26.5 Å². The van der Waals surface area contributed by atoms with Crippen LogP contribution in [0.15, 0.2) is 0 Å². The molecule has 0 aromatic heterocycles. The van der Waals surface area contributed by atoms with Crippen LogP contribution in [0.25, 0.3) is 0 Å². The molecule has 0 aliphatic rings. The van der Waals surface area contributed by atoms with Crippen molar-refractivity contribution in [2.75, 3.05) is 37.0 Å². The normalized spacial score (nSPS) is 15.6. The maximum atomic E-state index is 2.80. The Hall–Kier alpha value is 1.42. The van der Waals surface area contributed by atoms with Gasteiger partial charge in [-0.25, -0.2) is 0 Å². The summed E-state index contributed by atoms with van der Waals surface area (Å²) in [6, 6.07) is 0. The van der Waals surface area contributed by atoms with Gasteiger partial charge in [-0.05, 0) is 0 Å². The molecule has 0 saturated carbocycles. The van der Waals surface area contributed by atoms with Crippen molar-refractivity contribution in [3.8, 4) is 0 Å². The molecule has 0 aromatic rings. The van der Waals surface area contributed by atoms with Crippen LogP contribution in [0.5, 0.6) is 0 Å². The summed E-state index contributed by atoms with van der Waals surface area (Å²) >= 11 is -0.777. The van der Waals surface area contributed by atoms with E-state index in [4.69, 9.17) is 0 Å². The van der Waals surface area contributed by atoms with Crippen molar-refractivity contribution in [1.29, 1.82) is 0 Å². The van der Waals surface area contributed by atoms with Crippen LogP contribution in [0.4, 0.5) is 0 Å². The monoisotopic (exact) mass is 461 g/mol. The maximum absolute atomic E-state index is 2.80. The Balaban J connectivity index is 5.59. The van der Waals surface area contributed by atoms with Crippen LogP contribution < -0.4 is 0 Å². The molecule has 0 radical (unpaired) electrons. The fourth-order valence-electron chi connectivity index (χ4n) is 2.97. The van der Waals surface area contributed by atoms with Crippen LogP contribution >= 0.6 is 10.7 Å². The fourth-order valence-corrected chi connectivity index (χ4v) is 74.4. The fraction of sp³-hybridized carbons (Fsp3) is 0.929. The second-order valence-electron chi connectivity index (χ2n) is 4.74. The summed E-state index contributed by atoms with van der Waals surface area (Å²) in [7, 11) is 0. The first-order chi connectivity index (χ1) is 8.06. The zero-order chi connectivity index (χ0) is 13.5. The predicted molar refractivity (Wildman–Crippen MR) is 91.6 cm³/mol. The third-order valence-electron chi connectivity index (χ3n) is 4.58. The molecule has 0 aliphatic heterocycles. The third-order valence-corrected chi connectivity index (χ3v) is 64.2. The van der Waals surface area contributed by atoms with Gasteiger partial charge in [0.1, 0.15) is 0 Å². The minimum absolute atomic E-state index is 0.777. The van der Waals surface area contributed by atoms with Crippen molar-refractivity contribution in [2.45, 2.75) is 48.5 Å². The number of hydrogen-bond donors (Lipinski definition) is 0. The van der Waals surface area contributed by atoms with Gasteiger partial charge in [-0.1, -0.05) is 0 Å². The summed E-state index contributed by atoms with van der Waals surface area (Å²) < 4.78 is 2.80. The zero-order valence-corrected chi connectivity index (χ0v) is 17.4. The van der Waals surface area contributed by atoms with E-state index in [-0.39, 0.29) is 0 Å². The predicted octanol–water partition coefficient (Wildman–Crippen LogP) is 4.88. The van der Waals surface area contributed by atoms with Crippen LogP contribution in [0, 0.1) is 0 Å². The van der Waals surface area contributed by atoms with Crippen LogP contribution in [0.3, 0.4) is 0 Å². The first-order valence-electron chi connectivity index (χ1n) is 7.44. The van der Waals surface area contributed by atoms with Gasteiger partial charge < -0.3 is 0 Å². The Kier molecular flexibility index (Phi) is 9.28. The minimum atomic E-state index is -0.882. The van der Waals surface area contributed by atoms with E-state index in [1.54, 1.807) is 37.0 Å². The molecule has 0 N–H and O–H groups in total.